The lowest BCUT2D eigenvalue weighted by Gasteiger charge is -2.35. The van der Waals surface area contributed by atoms with Crippen LogP contribution in [-0.4, -0.2) is 50.1 Å². The Kier molecular flexibility index (Phi) is 5.96. The predicted molar refractivity (Wildman–Crippen MR) is 93.0 cm³/mol. The summed E-state index contributed by atoms with van der Waals surface area (Å²) in [5.74, 6) is 0. The van der Waals surface area contributed by atoms with Gasteiger partial charge in [0.05, 0.1) is 0 Å². The Morgan fingerprint density at radius 2 is 1.27 bits per heavy atom. The van der Waals surface area contributed by atoms with Gasteiger partial charge in [-0.1, -0.05) is 60.7 Å². The molecule has 2 aromatic rings. The van der Waals surface area contributed by atoms with E-state index < -0.39 is 12.3 Å². The van der Waals surface area contributed by atoms with Gasteiger partial charge < -0.3 is 14.9 Å². The van der Waals surface area contributed by atoms with Crippen molar-refractivity contribution in [1.82, 2.24) is 0 Å². The first-order valence-corrected chi connectivity index (χ1v) is 8.98. The number of aliphatic hydroxyl groups is 1. The average Bonchev–Trinajstić information content (AvgIpc) is 2.64. The lowest BCUT2D eigenvalue weighted by atomic mass is 9.96. The fraction of sp³-hybridized carbons (Fsp3) is 0.400. The molecule has 6 heteroatoms. The standard InChI is InChI=1S/C20H23F3N2O/c21-20(22,23)18(26)15-24-11-13-25(14-12-24)19(16-7-3-1-4-8-16)17-9-5-2-6-10-17/h1-10,18-19,26H,11-15H2/p+2/t18-/m1/s1. The number of rotatable bonds is 5. The maximum atomic E-state index is 12.6. The van der Waals surface area contributed by atoms with E-state index >= 15 is 0 Å². The van der Waals surface area contributed by atoms with E-state index in [4.69, 9.17) is 0 Å². The highest BCUT2D eigenvalue weighted by molar-refractivity contribution is 5.29. The Bertz CT molecular complexity index is 631. The molecule has 0 bridgehead atoms. The van der Waals surface area contributed by atoms with Crippen LogP contribution in [0, 0.1) is 0 Å². The molecule has 3 rings (SSSR count). The molecule has 3 nitrogen and oxygen atoms in total. The van der Waals surface area contributed by atoms with Crippen molar-refractivity contribution in [2.24, 2.45) is 0 Å². The molecule has 0 saturated carbocycles. The summed E-state index contributed by atoms with van der Waals surface area (Å²) in [7, 11) is 0. The van der Waals surface area contributed by atoms with Gasteiger partial charge in [-0.2, -0.15) is 13.2 Å². The molecule has 140 valence electrons. The normalized spacial score (nSPS) is 22.3. The van der Waals surface area contributed by atoms with Crippen molar-refractivity contribution < 1.29 is 28.1 Å². The van der Waals surface area contributed by atoms with E-state index in [-0.39, 0.29) is 12.6 Å². The highest BCUT2D eigenvalue weighted by Crippen LogP contribution is 2.19. The SMILES string of the molecule is O[C@H](C[NH+]1CC[NH+](C(c2ccccc2)c2ccccc2)CC1)C(F)(F)F. The Morgan fingerprint density at radius 1 is 0.808 bits per heavy atom. The third kappa shape index (κ3) is 4.63. The van der Waals surface area contributed by atoms with E-state index in [9.17, 15) is 18.3 Å². The van der Waals surface area contributed by atoms with Crippen LogP contribution in [0.4, 0.5) is 13.2 Å². The maximum Gasteiger partial charge on any atom is 0.419 e. The van der Waals surface area contributed by atoms with Crippen molar-refractivity contribution in [1.29, 1.82) is 0 Å². The molecule has 1 fully saturated rings. The number of alkyl halides is 3. The molecule has 1 heterocycles. The van der Waals surface area contributed by atoms with Crippen LogP contribution in [0.25, 0.3) is 0 Å². The van der Waals surface area contributed by atoms with Crippen molar-refractivity contribution in [2.75, 3.05) is 32.7 Å². The van der Waals surface area contributed by atoms with E-state index in [1.807, 2.05) is 36.4 Å². The molecule has 1 atom stereocenters. The lowest BCUT2D eigenvalue weighted by molar-refractivity contribution is -1.03. The van der Waals surface area contributed by atoms with Gasteiger partial charge >= 0.3 is 6.18 Å². The van der Waals surface area contributed by atoms with Gasteiger partial charge in [-0.15, -0.1) is 0 Å². The second-order valence-electron chi connectivity index (χ2n) is 6.92. The zero-order chi connectivity index (χ0) is 18.6. The highest BCUT2D eigenvalue weighted by atomic mass is 19.4. The van der Waals surface area contributed by atoms with Gasteiger partial charge in [0.1, 0.15) is 38.8 Å². The summed E-state index contributed by atoms with van der Waals surface area (Å²) in [5, 5.41) is 9.32. The van der Waals surface area contributed by atoms with Gasteiger partial charge in [0, 0.05) is 11.1 Å². The molecule has 2 aromatic carbocycles. The first kappa shape index (κ1) is 18.9. The fourth-order valence-corrected chi connectivity index (χ4v) is 3.76. The quantitative estimate of drug-likeness (QED) is 0.706. The summed E-state index contributed by atoms with van der Waals surface area (Å²) in [6.07, 6.45) is -6.77. The van der Waals surface area contributed by atoms with Gasteiger partial charge in [-0.05, 0) is 0 Å². The van der Waals surface area contributed by atoms with Crippen LogP contribution in [0.1, 0.15) is 17.2 Å². The van der Waals surface area contributed by atoms with E-state index in [2.05, 4.69) is 24.3 Å². The Balaban J connectivity index is 1.70. The van der Waals surface area contributed by atoms with Crippen LogP contribution in [0.15, 0.2) is 60.7 Å². The monoisotopic (exact) mass is 366 g/mol. The average molecular weight is 366 g/mol. The summed E-state index contributed by atoms with van der Waals surface area (Å²) < 4.78 is 37.7. The topological polar surface area (TPSA) is 29.1 Å². The molecule has 0 radical (unpaired) electrons. The molecule has 1 aliphatic rings. The fourth-order valence-electron chi connectivity index (χ4n) is 3.76. The van der Waals surface area contributed by atoms with Gasteiger partial charge in [0.25, 0.3) is 0 Å². The van der Waals surface area contributed by atoms with E-state index in [1.165, 1.54) is 16.0 Å². The molecule has 26 heavy (non-hydrogen) atoms. The summed E-state index contributed by atoms with van der Waals surface area (Å²) in [4.78, 5) is 2.17. The largest absolute Gasteiger partial charge is 0.419 e. The molecule has 1 saturated heterocycles. The third-order valence-electron chi connectivity index (χ3n) is 5.13. The Labute approximate surface area is 151 Å². The van der Waals surface area contributed by atoms with E-state index in [1.54, 1.807) is 0 Å². The van der Waals surface area contributed by atoms with Gasteiger partial charge in [-0.25, -0.2) is 0 Å². The van der Waals surface area contributed by atoms with E-state index in [0.29, 0.717) is 13.1 Å². The molecule has 0 unspecified atom stereocenters. The van der Waals surface area contributed by atoms with Gasteiger partial charge in [-0.3, -0.25) is 0 Å². The van der Waals surface area contributed by atoms with E-state index in [0.717, 1.165) is 18.0 Å². The van der Waals surface area contributed by atoms with Crippen LogP contribution >= 0.6 is 0 Å². The number of halogens is 3. The Hall–Kier alpha value is -1.89. The molecule has 1 aliphatic heterocycles. The van der Waals surface area contributed by atoms with Crippen molar-refractivity contribution in [3.05, 3.63) is 71.8 Å². The smallest absolute Gasteiger partial charge is 0.379 e. The molecule has 0 aromatic heterocycles. The number of hydrogen-bond donors (Lipinski definition) is 3. The number of nitrogens with one attached hydrogen (secondary N) is 2. The number of hydrogen-bond acceptors (Lipinski definition) is 1. The molecule has 0 amide bonds. The zero-order valence-electron chi connectivity index (χ0n) is 14.5. The van der Waals surface area contributed by atoms with Gasteiger partial charge in [0.15, 0.2) is 6.10 Å². The minimum atomic E-state index is -4.53. The highest BCUT2D eigenvalue weighted by Gasteiger charge is 2.42. The first-order chi connectivity index (χ1) is 12.4. The van der Waals surface area contributed by atoms with Gasteiger partial charge in [0.2, 0.25) is 0 Å². The number of piperazine rings is 1. The number of benzene rings is 2. The number of quaternary nitrogens is 2. The molecule has 0 spiro atoms. The van der Waals surface area contributed by atoms with Crippen molar-refractivity contribution in [2.45, 2.75) is 18.3 Å². The summed E-state index contributed by atoms with van der Waals surface area (Å²) in [5.41, 5.74) is 2.43. The van der Waals surface area contributed by atoms with Crippen LogP contribution in [0.3, 0.4) is 0 Å². The third-order valence-corrected chi connectivity index (χ3v) is 5.13. The second-order valence-corrected chi connectivity index (χ2v) is 6.92. The first-order valence-electron chi connectivity index (χ1n) is 8.98. The summed E-state index contributed by atoms with van der Waals surface area (Å²) in [6.45, 7) is 2.53. The predicted octanol–water partition coefficient (Wildman–Crippen LogP) is 0.483. The molecule has 3 N–H and O–H groups in total. The van der Waals surface area contributed by atoms with Crippen molar-refractivity contribution in [3.8, 4) is 0 Å². The molecular formula is C20H25F3N2O+2. The van der Waals surface area contributed by atoms with Crippen molar-refractivity contribution in [3.63, 3.8) is 0 Å². The van der Waals surface area contributed by atoms with Crippen LogP contribution in [0.5, 0.6) is 0 Å². The Morgan fingerprint density at radius 3 is 1.69 bits per heavy atom. The minimum Gasteiger partial charge on any atom is -0.379 e. The second kappa shape index (κ2) is 8.20. The summed E-state index contributed by atoms with van der Waals surface area (Å²) >= 11 is 0. The minimum absolute atomic E-state index is 0.173. The van der Waals surface area contributed by atoms with Crippen LogP contribution < -0.4 is 9.80 Å². The summed E-state index contributed by atoms with van der Waals surface area (Å²) in [6, 6.07) is 20.7. The molecule has 0 aliphatic carbocycles. The number of aliphatic hydroxyl groups excluding tert-OH is 1. The zero-order valence-corrected chi connectivity index (χ0v) is 14.5. The lowest BCUT2D eigenvalue weighted by Crippen LogP contribution is -3.28. The molecular weight excluding hydrogens is 341 g/mol. The van der Waals surface area contributed by atoms with Crippen molar-refractivity contribution >= 4 is 0 Å². The maximum absolute atomic E-state index is 12.6. The van der Waals surface area contributed by atoms with Crippen LogP contribution in [0.2, 0.25) is 0 Å². The van der Waals surface area contributed by atoms with Crippen LogP contribution in [-0.2, 0) is 0 Å².